The number of rotatable bonds is 2. The molecule has 0 spiro atoms. The molecule has 0 aliphatic heterocycles. The summed E-state index contributed by atoms with van der Waals surface area (Å²) in [6, 6.07) is 9.33. The Morgan fingerprint density at radius 3 is 2.68 bits per heavy atom. The lowest BCUT2D eigenvalue weighted by molar-refractivity contribution is 0.189. The molecule has 0 radical (unpaired) electrons. The van der Waals surface area contributed by atoms with Crippen molar-refractivity contribution in [2.75, 3.05) is 0 Å². The number of nitrogens with zero attached hydrogens (tertiary/aromatic N) is 1. The number of fused-ring (bicyclic) bond motifs is 1. The highest BCUT2D eigenvalue weighted by Gasteiger charge is 2.20. The summed E-state index contributed by atoms with van der Waals surface area (Å²) in [5.74, 6) is 0.481. The lowest BCUT2D eigenvalue weighted by Gasteiger charge is -2.12. The standard InChI is InChI=1S/C14H9Br2NO2/c15-10-4-3-9(12-8(10)2-1-6-17-12)13(18)14-11(16)5-7-19-14/h1-7,13,18H. The van der Waals surface area contributed by atoms with Crippen molar-refractivity contribution >= 4 is 42.8 Å². The first-order chi connectivity index (χ1) is 9.18. The van der Waals surface area contributed by atoms with Crippen LogP contribution in [0.1, 0.15) is 17.4 Å². The third-order valence-corrected chi connectivity index (χ3v) is 4.28. The molecule has 3 rings (SSSR count). The van der Waals surface area contributed by atoms with Gasteiger partial charge in [-0.25, -0.2) is 0 Å². The van der Waals surface area contributed by atoms with Crippen molar-refractivity contribution in [1.29, 1.82) is 0 Å². The van der Waals surface area contributed by atoms with Crippen LogP contribution in [0.4, 0.5) is 0 Å². The maximum absolute atomic E-state index is 10.5. The molecule has 5 heteroatoms. The lowest BCUT2D eigenvalue weighted by atomic mass is 10.0. The Kier molecular flexibility index (Phi) is 3.43. The van der Waals surface area contributed by atoms with Crippen LogP contribution in [0.2, 0.25) is 0 Å². The molecule has 2 heterocycles. The fraction of sp³-hybridized carbons (Fsp3) is 0.0714. The molecule has 0 saturated carbocycles. The van der Waals surface area contributed by atoms with E-state index >= 15 is 0 Å². The third kappa shape index (κ3) is 2.22. The van der Waals surface area contributed by atoms with Gasteiger partial charge in [-0.05, 0) is 34.1 Å². The molecule has 1 aromatic carbocycles. The minimum atomic E-state index is -0.852. The fourth-order valence-corrected chi connectivity index (χ4v) is 2.89. The summed E-state index contributed by atoms with van der Waals surface area (Å²) in [5, 5.41) is 11.4. The lowest BCUT2D eigenvalue weighted by Crippen LogP contribution is -2.01. The molecule has 96 valence electrons. The van der Waals surface area contributed by atoms with E-state index in [-0.39, 0.29) is 0 Å². The van der Waals surface area contributed by atoms with E-state index in [1.165, 1.54) is 6.26 Å². The van der Waals surface area contributed by atoms with E-state index in [9.17, 15) is 5.11 Å². The van der Waals surface area contributed by atoms with Crippen molar-refractivity contribution in [3.8, 4) is 0 Å². The zero-order valence-corrected chi connectivity index (χ0v) is 12.8. The van der Waals surface area contributed by atoms with Gasteiger partial charge in [-0.1, -0.05) is 28.1 Å². The highest BCUT2D eigenvalue weighted by molar-refractivity contribution is 9.11. The van der Waals surface area contributed by atoms with Gasteiger partial charge >= 0.3 is 0 Å². The summed E-state index contributed by atoms with van der Waals surface area (Å²) in [6.07, 6.45) is 2.40. The summed E-state index contributed by atoms with van der Waals surface area (Å²) in [7, 11) is 0. The predicted molar refractivity (Wildman–Crippen MR) is 79.9 cm³/mol. The maximum Gasteiger partial charge on any atom is 0.151 e. The highest BCUT2D eigenvalue weighted by atomic mass is 79.9. The van der Waals surface area contributed by atoms with E-state index in [0.717, 1.165) is 25.4 Å². The van der Waals surface area contributed by atoms with Gasteiger partial charge in [-0.15, -0.1) is 0 Å². The average Bonchev–Trinajstić information content (AvgIpc) is 2.85. The zero-order valence-electron chi connectivity index (χ0n) is 9.68. The van der Waals surface area contributed by atoms with Crippen molar-refractivity contribution < 1.29 is 9.52 Å². The van der Waals surface area contributed by atoms with E-state index in [1.807, 2.05) is 24.3 Å². The number of aliphatic hydroxyl groups is 1. The molecule has 0 aliphatic rings. The number of aliphatic hydroxyl groups excluding tert-OH is 1. The first-order valence-corrected chi connectivity index (χ1v) is 7.21. The van der Waals surface area contributed by atoms with Crippen molar-refractivity contribution in [3.63, 3.8) is 0 Å². The molecule has 1 N–H and O–H groups in total. The molecular weight excluding hydrogens is 374 g/mol. The van der Waals surface area contributed by atoms with Crippen LogP contribution in [0.3, 0.4) is 0 Å². The Morgan fingerprint density at radius 2 is 1.95 bits per heavy atom. The topological polar surface area (TPSA) is 46.3 Å². The van der Waals surface area contributed by atoms with Gasteiger partial charge < -0.3 is 9.52 Å². The molecule has 19 heavy (non-hydrogen) atoms. The Labute approximate surface area is 126 Å². The van der Waals surface area contributed by atoms with E-state index in [2.05, 4.69) is 36.8 Å². The Bertz CT molecular complexity index is 739. The summed E-state index contributed by atoms with van der Waals surface area (Å²) >= 11 is 6.85. The van der Waals surface area contributed by atoms with Gasteiger partial charge in [0.2, 0.25) is 0 Å². The summed E-state index contributed by atoms with van der Waals surface area (Å²) in [4.78, 5) is 4.36. The molecular formula is C14H9Br2NO2. The number of benzene rings is 1. The van der Waals surface area contributed by atoms with Crippen LogP contribution < -0.4 is 0 Å². The van der Waals surface area contributed by atoms with Gasteiger partial charge in [0.25, 0.3) is 0 Å². The van der Waals surface area contributed by atoms with Gasteiger partial charge in [0.15, 0.2) is 5.76 Å². The normalized spacial score (nSPS) is 12.8. The van der Waals surface area contributed by atoms with Crippen LogP contribution >= 0.6 is 31.9 Å². The van der Waals surface area contributed by atoms with Crippen molar-refractivity contribution in [1.82, 2.24) is 4.98 Å². The van der Waals surface area contributed by atoms with Crippen LogP contribution in [0.15, 0.2) is 56.2 Å². The highest BCUT2D eigenvalue weighted by Crippen LogP contribution is 2.34. The van der Waals surface area contributed by atoms with Crippen molar-refractivity contribution in [2.24, 2.45) is 0 Å². The number of hydrogen-bond donors (Lipinski definition) is 1. The maximum atomic E-state index is 10.5. The predicted octanol–water partition coefficient (Wildman–Crippen LogP) is 4.43. The fourth-order valence-electron chi connectivity index (χ4n) is 2.02. The first-order valence-electron chi connectivity index (χ1n) is 5.62. The number of furan rings is 1. The molecule has 3 nitrogen and oxygen atoms in total. The summed E-state index contributed by atoms with van der Waals surface area (Å²) in [6.45, 7) is 0. The van der Waals surface area contributed by atoms with Gasteiger partial charge in [-0.3, -0.25) is 4.98 Å². The molecule has 0 bridgehead atoms. The third-order valence-electron chi connectivity index (χ3n) is 2.94. The largest absolute Gasteiger partial charge is 0.465 e. The molecule has 2 aromatic heterocycles. The van der Waals surface area contributed by atoms with E-state index < -0.39 is 6.10 Å². The summed E-state index contributed by atoms with van der Waals surface area (Å²) < 4.78 is 7.01. The van der Waals surface area contributed by atoms with Crippen LogP contribution in [-0.2, 0) is 0 Å². The molecule has 0 aliphatic carbocycles. The second kappa shape index (κ2) is 5.07. The van der Waals surface area contributed by atoms with Gasteiger partial charge in [0.05, 0.1) is 16.3 Å². The van der Waals surface area contributed by atoms with Crippen LogP contribution in [-0.4, -0.2) is 10.1 Å². The molecule has 3 aromatic rings. The van der Waals surface area contributed by atoms with Crippen molar-refractivity contribution in [3.05, 3.63) is 63.1 Å². The minimum absolute atomic E-state index is 0.481. The van der Waals surface area contributed by atoms with Gasteiger partial charge in [0, 0.05) is 21.6 Å². The molecule has 0 amide bonds. The molecule has 1 unspecified atom stereocenters. The molecule has 0 saturated heterocycles. The van der Waals surface area contributed by atoms with Crippen LogP contribution in [0.25, 0.3) is 10.9 Å². The van der Waals surface area contributed by atoms with E-state index in [0.29, 0.717) is 5.76 Å². The average molecular weight is 383 g/mol. The summed E-state index contributed by atoms with van der Waals surface area (Å²) in [5.41, 5.74) is 1.47. The Balaban J connectivity index is 2.21. The molecule has 0 fully saturated rings. The number of halogens is 2. The number of hydrogen-bond acceptors (Lipinski definition) is 3. The van der Waals surface area contributed by atoms with E-state index in [1.54, 1.807) is 12.3 Å². The Hall–Kier alpha value is -1.17. The monoisotopic (exact) mass is 381 g/mol. The van der Waals surface area contributed by atoms with Gasteiger partial charge in [-0.2, -0.15) is 0 Å². The Morgan fingerprint density at radius 1 is 1.11 bits per heavy atom. The van der Waals surface area contributed by atoms with E-state index in [4.69, 9.17) is 4.42 Å². The smallest absolute Gasteiger partial charge is 0.151 e. The van der Waals surface area contributed by atoms with Gasteiger partial charge in [0.1, 0.15) is 6.10 Å². The number of pyridine rings is 1. The van der Waals surface area contributed by atoms with Crippen molar-refractivity contribution in [2.45, 2.75) is 6.10 Å². The quantitative estimate of drug-likeness (QED) is 0.712. The first kappa shape index (κ1) is 12.8. The SMILES string of the molecule is OC(c1occc1Br)c1ccc(Br)c2cccnc12. The van der Waals surface area contributed by atoms with Crippen LogP contribution in [0, 0.1) is 0 Å². The molecule has 1 atom stereocenters. The van der Waals surface area contributed by atoms with Crippen LogP contribution in [0.5, 0.6) is 0 Å². The second-order valence-electron chi connectivity index (χ2n) is 4.07. The zero-order chi connectivity index (χ0) is 13.4. The second-order valence-corrected chi connectivity index (χ2v) is 5.78. The minimum Gasteiger partial charge on any atom is -0.465 e. The number of aromatic nitrogens is 1.